The van der Waals surface area contributed by atoms with Gasteiger partial charge in [0.25, 0.3) is 5.91 Å². The average Bonchev–Trinajstić information content (AvgIpc) is 2.44. The van der Waals surface area contributed by atoms with Gasteiger partial charge >= 0.3 is 6.18 Å². The summed E-state index contributed by atoms with van der Waals surface area (Å²) in [6, 6.07) is 7.09. The van der Waals surface area contributed by atoms with Crippen LogP contribution in [0.4, 0.5) is 13.2 Å². The number of hydrogen-bond donors (Lipinski definition) is 1. The van der Waals surface area contributed by atoms with Crippen LogP contribution < -0.4 is 5.32 Å². The Kier molecular flexibility index (Phi) is 5.86. The van der Waals surface area contributed by atoms with E-state index in [1.807, 2.05) is 6.07 Å². The number of hydrogen-bond acceptors (Lipinski definition) is 2. The second kappa shape index (κ2) is 7.46. The van der Waals surface area contributed by atoms with Gasteiger partial charge in [-0.15, -0.1) is 0 Å². The Balaban J connectivity index is 1.74. The highest BCUT2D eigenvalue weighted by molar-refractivity contribution is 9.10. The smallest absolute Gasteiger partial charge is 0.352 e. The molecule has 1 heterocycles. The van der Waals surface area contributed by atoms with E-state index in [0.717, 1.165) is 4.47 Å². The largest absolute Gasteiger partial charge is 0.401 e. The maximum atomic E-state index is 12.3. The van der Waals surface area contributed by atoms with E-state index < -0.39 is 12.7 Å². The van der Waals surface area contributed by atoms with Crippen molar-refractivity contribution in [1.82, 2.24) is 10.2 Å². The van der Waals surface area contributed by atoms with E-state index in [9.17, 15) is 18.0 Å². The topological polar surface area (TPSA) is 32.3 Å². The third kappa shape index (κ3) is 5.61. The van der Waals surface area contributed by atoms with Crippen LogP contribution in [-0.2, 0) is 0 Å². The first kappa shape index (κ1) is 17.3. The van der Waals surface area contributed by atoms with Crippen molar-refractivity contribution in [3.63, 3.8) is 0 Å². The minimum absolute atomic E-state index is 0.154. The maximum absolute atomic E-state index is 12.3. The number of rotatable bonds is 4. The first-order valence-electron chi connectivity index (χ1n) is 7.16. The van der Waals surface area contributed by atoms with Gasteiger partial charge in [0.05, 0.1) is 6.54 Å². The highest BCUT2D eigenvalue weighted by atomic mass is 79.9. The van der Waals surface area contributed by atoms with Crippen LogP contribution in [0.2, 0.25) is 0 Å². The van der Waals surface area contributed by atoms with Gasteiger partial charge < -0.3 is 5.32 Å². The molecular weight excluding hydrogens is 361 g/mol. The molecule has 0 radical (unpaired) electrons. The van der Waals surface area contributed by atoms with E-state index in [1.165, 1.54) is 4.90 Å². The predicted molar refractivity (Wildman–Crippen MR) is 81.7 cm³/mol. The van der Waals surface area contributed by atoms with Crippen molar-refractivity contribution in [2.75, 3.05) is 26.2 Å². The summed E-state index contributed by atoms with van der Waals surface area (Å²) in [5.74, 6) is 0.0830. The van der Waals surface area contributed by atoms with Crippen LogP contribution in [0, 0.1) is 5.92 Å². The molecule has 7 heteroatoms. The van der Waals surface area contributed by atoms with Gasteiger partial charge in [-0.1, -0.05) is 22.0 Å². The fraction of sp³-hybridized carbons (Fsp3) is 0.533. The standard InChI is InChI=1S/C15H18BrF3N2O/c16-13-3-1-2-12(8-13)14(22)20-9-11-4-6-21(7-5-11)10-15(17,18)19/h1-3,8,11H,4-7,9-10H2,(H,20,22). The van der Waals surface area contributed by atoms with Crippen LogP contribution in [0.15, 0.2) is 28.7 Å². The Morgan fingerprint density at radius 2 is 2.00 bits per heavy atom. The summed E-state index contributed by atoms with van der Waals surface area (Å²) in [4.78, 5) is 13.4. The molecule has 1 saturated heterocycles. The number of carbonyl (C=O) groups excluding carboxylic acids is 1. The van der Waals surface area contributed by atoms with E-state index in [-0.39, 0.29) is 11.8 Å². The van der Waals surface area contributed by atoms with Crippen LogP contribution in [0.1, 0.15) is 23.2 Å². The van der Waals surface area contributed by atoms with Crippen molar-refractivity contribution in [3.05, 3.63) is 34.3 Å². The van der Waals surface area contributed by atoms with Crippen LogP contribution in [0.5, 0.6) is 0 Å². The number of nitrogens with one attached hydrogen (secondary N) is 1. The molecule has 1 amide bonds. The highest BCUT2D eigenvalue weighted by Gasteiger charge is 2.32. The molecule has 22 heavy (non-hydrogen) atoms. The summed E-state index contributed by atoms with van der Waals surface area (Å²) in [5, 5.41) is 2.86. The Labute approximate surface area is 136 Å². The van der Waals surface area contributed by atoms with E-state index in [1.54, 1.807) is 18.2 Å². The Morgan fingerprint density at radius 1 is 1.32 bits per heavy atom. The zero-order chi connectivity index (χ0) is 16.2. The van der Waals surface area contributed by atoms with Crippen molar-refractivity contribution in [3.8, 4) is 0 Å². The fourth-order valence-corrected chi connectivity index (χ4v) is 2.97. The lowest BCUT2D eigenvalue weighted by Crippen LogP contribution is -2.42. The third-order valence-corrected chi connectivity index (χ3v) is 4.24. The van der Waals surface area contributed by atoms with Gasteiger partial charge in [0.1, 0.15) is 0 Å². The van der Waals surface area contributed by atoms with Gasteiger partial charge in [-0.3, -0.25) is 9.69 Å². The molecule has 1 N–H and O–H groups in total. The molecule has 0 saturated carbocycles. The van der Waals surface area contributed by atoms with Gasteiger partial charge in [0.2, 0.25) is 0 Å². The van der Waals surface area contributed by atoms with Crippen molar-refractivity contribution in [1.29, 1.82) is 0 Å². The van der Waals surface area contributed by atoms with E-state index in [0.29, 0.717) is 38.0 Å². The average molecular weight is 379 g/mol. The van der Waals surface area contributed by atoms with Gasteiger partial charge in [-0.2, -0.15) is 13.2 Å². The van der Waals surface area contributed by atoms with Crippen LogP contribution >= 0.6 is 15.9 Å². The van der Waals surface area contributed by atoms with E-state index in [2.05, 4.69) is 21.2 Å². The lowest BCUT2D eigenvalue weighted by Gasteiger charge is -2.32. The summed E-state index contributed by atoms with van der Waals surface area (Å²) >= 11 is 3.31. The molecule has 0 unspecified atom stereocenters. The molecule has 122 valence electrons. The summed E-state index contributed by atoms with van der Waals surface area (Å²) < 4.78 is 37.8. The molecule has 1 aliphatic heterocycles. The maximum Gasteiger partial charge on any atom is 0.401 e. The third-order valence-electron chi connectivity index (χ3n) is 3.75. The molecule has 1 aromatic carbocycles. The van der Waals surface area contributed by atoms with E-state index in [4.69, 9.17) is 0 Å². The lowest BCUT2D eigenvalue weighted by atomic mass is 9.96. The van der Waals surface area contributed by atoms with Gasteiger partial charge in [0.15, 0.2) is 0 Å². The minimum atomic E-state index is -4.14. The summed E-state index contributed by atoms with van der Waals surface area (Å²) in [6.07, 6.45) is -2.79. The van der Waals surface area contributed by atoms with Crippen LogP contribution in [0.3, 0.4) is 0 Å². The number of likely N-dealkylation sites (tertiary alicyclic amines) is 1. The molecule has 1 fully saturated rings. The SMILES string of the molecule is O=C(NCC1CCN(CC(F)(F)F)CC1)c1cccc(Br)c1. The normalized spacial score (nSPS) is 17.5. The Hall–Kier alpha value is -1.08. The molecule has 1 aliphatic rings. The molecule has 0 aromatic heterocycles. The molecule has 3 nitrogen and oxygen atoms in total. The number of amides is 1. The number of piperidine rings is 1. The second-order valence-electron chi connectivity index (χ2n) is 5.56. The first-order chi connectivity index (χ1) is 10.3. The van der Waals surface area contributed by atoms with Crippen molar-refractivity contribution in [2.45, 2.75) is 19.0 Å². The summed E-state index contributed by atoms with van der Waals surface area (Å²) in [6.45, 7) is 0.517. The monoisotopic (exact) mass is 378 g/mol. The summed E-state index contributed by atoms with van der Waals surface area (Å²) in [7, 11) is 0. The molecule has 0 aliphatic carbocycles. The zero-order valence-electron chi connectivity index (χ0n) is 12.0. The molecule has 0 spiro atoms. The minimum Gasteiger partial charge on any atom is -0.352 e. The van der Waals surface area contributed by atoms with E-state index >= 15 is 0 Å². The number of benzene rings is 1. The Morgan fingerprint density at radius 3 is 2.59 bits per heavy atom. The summed E-state index contributed by atoms with van der Waals surface area (Å²) in [5.41, 5.74) is 0.573. The number of halogens is 4. The van der Waals surface area contributed by atoms with Gasteiger partial charge in [-0.05, 0) is 50.0 Å². The molecule has 0 atom stereocenters. The first-order valence-corrected chi connectivity index (χ1v) is 7.95. The highest BCUT2D eigenvalue weighted by Crippen LogP contribution is 2.22. The predicted octanol–water partition coefficient (Wildman–Crippen LogP) is 3.45. The van der Waals surface area contributed by atoms with Crippen LogP contribution in [0.25, 0.3) is 0 Å². The number of nitrogens with zero attached hydrogens (tertiary/aromatic N) is 1. The van der Waals surface area contributed by atoms with Crippen LogP contribution in [-0.4, -0.2) is 43.2 Å². The van der Waals surface area contributed by atoms with Crippen molar-refractivity contribution in [2.24, 2.45) is 5.92 Å². The van der Waals surface area contributed by atoms with Crippen molar-refractivity contribution < 1.29 is 18.0 Å². The quantitative estimate of drug-likeness (QED) is 0.869. The van der Waals surface area contributed by atoms with Crippen molar-refractivity contribution >= 4 is 21.8 Å². The second-order valence-corrected chi connectivity index (χ2v) is 6.47. The fourth-order valence-electron chi connectivity index (χ4n) is 2.57. The molecular formula is C15H18BrF3N2O. The zero-order valence-corrected chi connectivity index (χ0v) is 13.6. The molecule has 0 bridgehead atoms. The number of carbonyl (C=O) groups is 1. The van der Waals surface area contributed by atoms with Gasteiger partial charge in [0, 0.05) is 16.6 Å². The Bertz CT molecular complexity index is 514. The number of alkyl halides is 3. The van der Waals surface area contributed by atoms with Gasteiger partial charge in [-0.25, -0.2) is 0 Å². The molecule has 1 aromatic rings. The molecule has 2 rings (SSSR count). The lowest BCUT2D eigenvalue weighted by molar-refractivity contribution is -0.148.